The van der Waals surface area contributed by atoms with Crippen molar-refractivity contribution in [2.45, 2.75) is 33.2 Å². The van der Waals surface area contributed by atoms with Crippen LogP contribution in [-0.2, 0) is 11.8 Å². The number of carboxylic acids is 1. The Morgan fingerprint density at radius 3 is 2.47 bits per heavy atom. The molecule has 1 aromatic rings. The molecule has 0 saturated carbocycles. The van der Waals surface area contributed by atoms with E-state index in [1.807, 2.05) is 13.8 Å². The maximum atomic E-state index is 11.4. The second kappa shape index (κ2) is 5.73. The molecule has 0 aliphatic heterocycles. The normalized spacial score (nSPS) is 12.5. The van der Waals surface area contributed by atoms with Gasteiger partial charge in [0.25, 0.3) is 5.91 Å². The lowest BCUT2D eigenvalue weighted by atomic mass is 10.0. The van der Waals surface area contributed by atoms with E-state index in [1.54, 1.807) is 14.0 Å². The highest BCUT2D eigenvalue weighted by atomic mass is 16.4. The van der Waals surface area contributed by atoms with Crippen LogP contribution in [0.25, 0.3) is 0 Å². The van der Waals surface area contributed by atoms with Crippen LogP contribution < -0.4 is 11.1 Å². The van der Waals surface area contributed by atoms with E-state index in [0.29, 0.717) is 17.1 Å². The lowest BCUT2D eigenvalue weighted by molar-refractivity contribution is -0.137. The number of rotatable bonds is 6. The predicted octanol–water partition coefficient (Wildman–Crippen LogP) is 0.739. The zero-order chi connectivity index (χ0) is 14.7. The Hall–Kier alpha value is -2.05. The van der Waals surface area contributed by atoms with Gasteiger partial charge in [-0.2, -0.15) is 5.10 Å². The summed E-state index contributed by atoms with van der Waals surface area (Å²) in [6, 6.07) is -0.301. The zero-order valence-electron chi connectivity index (χ0n) is 11.6. The molecule has 1 atom stereocenters. The standard InChI is InChI=1S/C12H20N4O3/c1-6(2)8(5-9(17)18)14-12-10(11(13)19)7(3)15-16(12)4/h6,8,14H,5H2,1-4H3,(H2,13,19)(H,17,18). The van der Waals surface area contributed by atoms with E-state index in [1.165, 1.54) is 4.68 Å². The Morgan fingerprint density at radius 2 is 2.05 bits per heavy atom. The van der Waals surface area contributed by atoms with Crippen molar-refractivity contribution in [3.8, 4) is 0 Å². The lowest BCUT2D eigenvalue weighted by Gasteiger charge is -2.22. The Morgan fingerprint density at radius 1 is 1.47 bits per heavy atom. The number of anilines is 1. The topological polar surface area (TPSA) is 110 Å². The monoisotopic (exact) mass is 268 g/mol. The number of carbonyl (C=O) groups excluding carboxylic acids is 1. The molecule has 0 bridgehead atoms. The molecule has 0 fully saturated rings. The molecule has 7 heteroatoms. The van der Waals surface area contributed by atoms with Crippen LogP contribution in [0.2, 0.25) is 0 Å². The van der Waals surface area contributed by atoms with E-state index in [2.05, 4.69) is 10.4 Å². The second-order valence-corrected chi connectivity index (χ2v) is 4.89. The molecule has 1 amide bonds. The lowest BCUT2D eigenvalue weighted by Crippen LogP contribution is -2.30. The summed E-state index contributed by atoms with van der Waals surface area (Å²) in [7, 11) is 1.68. The van der Waals surface area contributed by atoms with Crippen molar-refractivity contribution >= 4 is 17.7 Å². The zero-order valence-corrected chi connectivity index (χ0v) is 11.6. The van der Waals surface area contributed by atoms with Crippen molar-refractivity contribution in [3.05, 3.63) is 11.3 Å². The highest BCUT2D eigenvalue weighted by molar-refractivity contribution is 5.99. The van der Waals surface area contributed by atoms with Crippen LogP contribution in [0.4, 0.5) is 5.82 Å². The van der Waals surface area contributed by atoms with Gasteiger partial charge in [-0.15, -0.1) is 0 Å². The smallest absolute Gasteiger partial charge is 0.305 e. The summed E-state index contributed by atoms with van der Waals surface area (Å²) in [6.07, 6.45) is -0.0416. The van der Waals surface area contributed by atoms with Gasteiger partial charge < -0.3 is 16.2 Å². The summed E-state index contributed by atoms with van der Waals surface area (Å²) in [6.45, 7) is 5.51. The average Bonchev–Trinajstić information content (AvgIpc) is 2.51. The first-order valence-corrected chi connectivity index (χ1v) is 6.05. The Labute approximate surface area is 111 Å². The number of hydrogen-bond acceptors (Lipinski definition) is 4. The number of nitrogens with zero attached hydrogens (tertiary/aromatic N) is 2. The van der Waals surface area contributed by atoms with E-state index in [0.717, 1.165) is 0 Å². The van der Waals surface area contributed by atoms with Crippen LogP contribution in [0.1, 0.15) is 36.3 Å². The minimum atomic E-state index is -0.897. The summed E-state index contributed by atoms with van der Waals surface area (Å²) >= 11 is 0. The molecule has 0 radical (unpaired) electrons. The Kier molecular flexibility index (Phi) is 4.52. The third kappa shape index (κ3) is 3.46. The molecule has 19 heavy (non-hydrogen) atoms. The summed E-state index contributed by atoms with van der Waals surface area (Å²) in [4.78, 5) is 22.3. The van der Waals surface area contributed by atoms with Crippen molar-refractivity contribution in [2.75, 3.05) is 5.32 Å². The predicted molar refractivity (Wildman–Crippen MR) is 71.0 cm³/mol. The van der Waals surface area contributed by atoms with Gasteiger partial charge in [0.05, 0.1) is 12.1 Å². The minimum absolute atomic E-state index is 0.0416. The molecule has 0 spiro atoms. The van der Waals surface area contributed by atoms with Gasteiger partial charge in [-0.1, -0.05) is 13.8 Å². The van der Waals surface area contributed by atoms with Gasteiger partial charge in [0.15, 0.2) is 0 Å². The van der Waals surface area contributed by atoms with Gasteiger partial charge in [0.1, 0.15) is 11.4 Å². The van der Waals surface area contributed by atoms with Gasteiger partial charge in [-0.25, -0.2) is 0 Å². The van der Waals surface area contributed by atoms with E-state index < -0.39 is 11.9 Å². The van der Waals surface area contributed by atoms with Crippen LogP contribution in [-0.4, -0.2) is 32.8 Å². The third-order valence-electron chi connectivity index (χ3n) is 2.99. The fourth-order valence-electron chi connectivity index (χ4n) is 1.94. The molecule has 7 nitrogen and oxygen atoms in total. The molecular weight excluding hydrogens is 248 g/mol. The average molecular weight is 268 g/mol. The first kappa shape index (κ1) is 15.0. The number of hydrogen-bond donors (Lipinski definition) is 3. The summed E-state index contributed by atoms with van der Waals surface area (Å²) in [5, 5.41) is 16.1. The summed E-state index contributed by atoms with van der Waals surface area (Å²) < 4.78 is 1.51. The maximum absolute atomic E-state index is 11.4. The van der Waals surface area contributed by atoms with Crippen molar-refractivity contribution in [3.63, 3.8) is 0 Å². The van der Waals surface area contributed by atoms with Crippen molar-refractivity contribution < 1.29 is 14.7 Å². The first-order valence-electron chi connectivity index (χ1n) is 6.05. The van der Waals surface area contributed by atoms with E-state index in [9.17, 15) is 9.59 Å². The number of primary amides is 1. The molecule has 1 heterocycles. The first-order chi connectivity index (χ1) is 8.73. The van der Waals surface area contributed by atoms with Crippen molar-refractivity contribution in [1.82, 2.24) is 9.78 Å². The molecule has 106 valence electrons. The van der Waals surface area contributed by atoms with Gasteiger partial charge in [-0.05, 0) is 12.8 Å². The molecule has 0 aromatic carbocycles. The number of carbonyl (C=O) groups is 2. The summed E-state index contributed by atoms with van der Waals surface area (Å²) in [5.41, 5.74) is 6.16. The van der Waals surface area contributed by atoms with E-state index in [4.69, 9.17) is 10.8 Å². The van der Waals surface area contributed by atoms with Crippen molar-refractivity contribution in [1.29, 1.82) is 0 Å². The minimum Gasteiger partial charge on any atom is -0.481 e. The summed E-state index contributed by atoms with van der Waals surface area (Å²) in [5.74, 6) is -0.923. The number of amides is 1. The van der Waals surface area contributed by atoms with Gasteiger partial charge in [0.2, 0.25) is 0 Å². The largest absolute Gasteiger partial charge is 0.481 e. The number of carboxylic acid groups (broad SMARTS) is 1. The van der Waals surface area contributed by atoms with Crippen LogP contribution >= 0.6 is 0 Å². The van der Waals surface area contributed by atoms with E-state index in [-0.39, 0.29) is 18.4 Å². The highest BCUT2D eigenvalue weighted by Crippen LogP contribution is 2.21. The number of aromatic nitrogens is 2. The van der Waals surface area contributed by atoms with Crippen LogP contribution in [0, 0.1) is 12.8 Å². The molecule has 0 aliphatic carbocycles. The number of nitrogens with one attached hydrogen (secondary N) is 1. The fourth-order valence-corrected chi connectivity index (χ4v) is 1.94. The molecule has 1 aromatic heterocycles. The number of aryl methyl sites for hydroxylation is 2. The third-order valence-corrected chi connectivity index (χ3v) is 2.99. The van der Waals surface area contributed by atoms with Gasteiger partial charge in [-0.3, -0.25) is 14.3 Å². The van der Waals surface area contributed by atoms with Gasteiger partial charge in [0, 0.05) is 13.1 Å². The molecular formula is C12H20N4O3. The van der Waals surface area contributed by atoms with Crippen LogP contribution in [0.3, 0.4) is 0 Å². The maximum Gasteiger partial charge on any atom is 0.305 e. The highest BCUT2D eigenvalue weighted by Gasteiger charge is 2.23. The Bertz CT molecular complexity index is 493. The van der Waals surface area contributed by atoms with Gasteiger partial charge >= 0.3 is 5.97 Å². The molecule has 0 saturated heterocycles. The molecule has 1 unspecified atom stereocenters. The fraction of sp³-hybridized carbons (Fsp3) is 0.583. The van der Waals surface area contributed by atoms with Crippen LogP contribution in [0.15, 0.2) is 0 Å². The molecule has 4 N–H and O–H groups in total. The molecule has 1 rings (SSSR count). The molecule has 0 aliphatic rings. The number of aliphatic carboxylic acids is 1. The second-order valence-electron chi connectivity index (χ2n) is 4.89. The quantitative estimate of drug-likeness (QED) is 0.704. The van der Waals surface area contributed by atoms with Crippen molar-refractivity contribution in [2.24, 2.45) is 18.7 Å². The SMILES string of the molecule is Cc1nn(C)c(NC(CC(=O)O)C(C)C)c1C(N)=O. The number of nitrogens with two attached hydrogens (primary N) is 1. The van der Waals surface area contributed by atoms with E-state index >= 15 is 0 Å². The Balaban J connectivity index is 3.09. The van der Waals surface area contributed by atoms with Crippen LogP contribution in [0.5, 0.6) is 0 Å².